The Balaban J connectivity index is 1.41. The van der Waals surface area contributed by atoms with Crippen LogP contribution in [0.2, 0.25) is 0 Å². The highest BCUT2D eigenvalue weighted by atomic mass is 16.6. The highest BCUT2D eigenvalue weighted by Crippen LogP contribution is 2.22. The van der Waals surface area contributed by atoms with Gasteiger partial charge in [-0.3, -0.25) is 14.9 Å². The van der Waals surface area contributed by atoms with Crippen molar-refractivity contribution in [3.63, 3.8) is 0 Å². The molecule has 1 aromatic heterocycles. The lowest BCUT2D eigenvalue weighted by Crippen LogP contribution is -2.13. The molecule has 10 heteroatoms. The van der Waals surface area contributed by atoms with Crippen LogP contribution < -0.4 is 14.8 Å². The Morgan fingerprint density at radius 2 is 1.76 bits per heavy atom. The topological polar surface area (TPSA) is 126 Å². The van der Waals surface area contributed by atoms with E-state index in [1.54, 1.807) is 42.5 Å². The van der Waals surface area contributed by atoms with Crippen molar-refractivity contribution >= 4 is 23.3 Å². The lowest BCUT2D eigenvalue weighted by molar-refractivity contribution is -0.384. The maximum Gasteiger partial charge on any atom is 0.364 e. The quantitative estimate of drug-likeness (QED) is 0.190. The van der Waals surface area contributed by atoms with Crippen LogP contribution in [0.1, 0.15) is 20.8 Å². The second kappa shape index (κ2) is 9.65. The van der Waals surface area contributed by atoms with Crippen molar-refractivity contribution in [1.29, 1.82) is 0 Å². The number of benzene rings is 3. The summed E-state index contributed by atoms with van der Waals surface area (Å²) in [6.45, 7) is 0. The van der Waals surface area contributed by atoms with E-state index in [0.29, 0.717) is 22.7 Å². The summed E-state index contributed by atoms with van der Waals surface area (Å²) < 4.78 is 11.9. The van der Waals surface area contributed by atoms with Crippen LogP contribution in [0.5, 0.6) is 11.5 Å². The first-order valence-corrected chi connectivity index (χ1v) is 10.0. The third-order valence-corrected chi connectivity index (χ3v) is 4.78. The summed E-state index contributed by atoms with van der Waals surface area (Å²) >= 11 is 0. The van der Waals surface area contributed by atoms with Gasteiger partial charge in [0.1, 0.15) is 11.5 Å². The molecule has 0 aliphatic rings. The number of para-hydroxylation sites is 1. The van der Waals surface area contributed by atoms with Crippen molar-refractivity contribution in [3.05, 3.63) is 106 Å². The van der Waals surface area contributed by atoms with Gasteiger partial charge in [0.05, 0.1) is 23.3 Å². The molecule has 170 valence electrons. The number of aromatic nitrogens is 2. The molecule has 4 rings (SSSR count). The molecular formula is C24H18N4O6. The number of nitro groups is 1. The molecule has 0 radical (unpaired) electrons. The number of non-ortho nitro benzene ring substituents is 1. The van der Waals surface area contributed by atoms with Crippen LogP contribution in [0.3, 0.4) is 0 Å². The third kappa shape index (κ3) is 4.91. The lowest BCUT2D eigenvalue weighted by atomic mass is 10.2. The molecule has 0 saturated heterocycles. The number of carbonyl (C=O) groups excluding carboxylic acids is 2. The minimum Gasteiger partial charge on any atom is -0.496 e. The van der Waals surface area contributed by atoms with Crippen LogP contribution in [0.4, 0.5) is 11.4 Å². The molecule has 0 aliphatic heterocycles. The zero-order chi connectivity index (χ0) is 24.1. The number of hydrogen-bond donors (Lipinski definition) is 1. The fraction of sp³-hybridized carbons (Fsp3) is 0.0417. The van der Waals surface area contributed by atoms with Crippen molar-refractivity contribution in [2.24, 2.45) is 0 Å². The number of nitro benzene ring substituents is 1. The summed E-state index contributed by atoms with van der Waals surface area (Å²) in [4.78, 5) is 35.4. The zero-order valence-electron chi connectivity index (χ0n) is 17.9. The molecule has 1 N–H and O–H groups in total. The summed E-state index contributed by atoms with van der Waals surface area (Å²) in [7, 11) is 1.49. The predicted molar refractivity (Wildman–Crippen MR) is 123 cm³/mol. The molecule has 0 saturated carbocycles. The molecule has 0 fully saturated rings. The summed E-state index contributed by atoms with van der Waals surface area (Å²) in [5, 5.41) is 17.8. The Morgan fingerprint density at radius 1 is 1.00 bits per heavy atom. The highest BCUT2D eigenvalue weighted by molar-refractivity contribution is 6.06. The van der Waals surface area contributed by atoms with Crippen LogP contribution in [-0.2, 0) is 0 Å². The molecule has 4 aromatic rings. The van der Waals surface area contributed by atoms with E-state index in [1.165, 1.54) is 54.4 Å². The standard InChI is InChI=1S/C24H18N4O6/c1-33-22-8-3-2-7-20(22)23(29)25-16-9-11-19(12-10-16)34-24(30)21-13-14-27(26-21)17-5-4-6-18(15-17)28(31)32/h2-15H,1H3,(H,25,29). The van der Waals surface area contributed by atoms with E-state index < -0.39 is 10.9 Å². The molecule has 0 bridgehead atoms. The third-order valence-electron chi connectivity index (χ3n) is 4.78. The van der Waals surface area contributed by atoms with Crippen LogP contribution in [0, 0.1) is 10.1 Å². The summed E-state index contributed by atoms with van der Waals surface area (Å²) in [6, 6.07) is 20.4. The Morgan fingerprint density at radius 3 is 2.50 bits per heavy atom. The van der Waals surface area contributed by atoms with Crippen LogP contribution in [0.25, 0.3) is 5.69 Å². The number of nitrogens with one attached hydrogen (secondary N) is 1. The second-order valence-corrected chi connectivity index (χ2v) is 6.99. The van der Waals surface area contributed by atoms with E-state index >= 15 is 0 Å². The van der Waals surface area contributed by atoms with Gasteiger partial charge in [-0.15, -0.1) is 0 Å². The minimum absolute atomic E-state index is 0.0278. The molecule has 0 unspecified atom stereocenters. The number of carbonyl (C=O) groups is 2. The number of esters is 1. The monoisotopic (exact) mass is 458 g/mol. The van der Waals surface area contributed by atoms with Crippen LogP contribution in [0.15, 0.2) is 85.1 Å². The molecule has 1 amide bonds. The average molecular weight is 458 g/mol. The largest absolute Gasteiger partial charge is 0.496 e. The van der Waals surface area contributed by atoms with Gasteiger partial charge in [-0.2, -0.15) is 5.10 Å². The molecule has 34 heavy (non-hydrogen) atoms. The van der Waals surface area contributed by atoms with Gasteiger partial charge in [0.15, 0.2) is 5.69 Å². The lowest BCUT2D eigenvalue weighted by Gasteiger charge is -2.09. The Hall–Kier alpha value is -4.99. The van der Waals surface area contributed by atoms with Crippen molar-refractivity contribution in [2.75, 3.05) is 12.4 Å². The Bertz CT molecular complexity index is 1360. The number of amides is 1. The molecule has 0 atom stereocenters. The number of methoxy groups -OCH3 is 1. The van der Waals surface area contributed by atoms with E-state index in [0.717, 1.165) is 0 Å². The molecule has 0 spiro atoms. The maximum absolute atomic E-state index is 12.5. The number of rotatable bonds is 7. The van der Waals surface area contributed by atoms with Crippen molar-refractivity contribution in [3.8, 4) is 17.2 Å². The molecule has 0 aliphatic carbocycles. The number of nitrogens with zero attached hydrogens (tertiary/aromatic N) is 3. The van der Waals surface area contributed by atoms with E-state index in [9.17, 15) is 19.7 Å². The van der Waals surface area contributed by atoms with Gasteiger partial charge < -0.3 is 14.8 Å². The molecule has 10 nitrogen and oxygen atoms in total. The first-order valence-electron chi connectivity index (χ1n) is 10.0. The molecular weight excluding hydrogens is 440 g/mol. The van der Waals surface area contributed by atoms with Gasteiger partial charge in [-0.05, 0) is 48.5 Å². The van der Waals surface area contributed by atoms with Crippen molar-refractivity contribution in [1.82, 2.24) is 9.78 Å². The van der Waals surface area contributed by atoms with Gasteiger partial charge in [-0.1, -0.05) is 18.2 Å². The second-order valence-electron chi connectivity index (χ2n) is 6.99. The van der Waals surface area contributed by atoms with E-state index in [2.05, 4.69) is 10.4 Å². The van der Waals surface area contributed by atoms with Crippen LogP contribution in [-0.4, -0.2) is 33.7 Å². The van der Waals surface area contributed by atoms with Crippen LogP contribution >= 0.6 is 0 Å². The summed E-state index contributed by atoms with van der Waals surface area (Å²) in [5.41, 5.74) is 1.27. The van der Waals surface area contributed by atoms with E-state index in [1.807, 2.05) is 0 Å². The van der Waals surface area contributed by atoms with Gasteiger partial charge in [0, 0.05) is 24.0 Å². The minimum atomic E-state index is -0.699. The van der Waals surface area contributed by atoms with Gasteiger partial charge in [0.2, 0.25) is 0 Å². The number of hydrogen-bond acceptors (Lipinski definition) is 7. The Kier molecular flexibility index (Phi) is 6.31. The fourth-order valence-corrected chi connectivity index (χ4v) is 3.12. The van der Waals surface area contributed by atoms with Gasteiger partial charge in [0.25, 0.3) is 11.6 Å². The zero-order valence-corrected chi connectivity index (χ0v) is 17.9. The SMILES string of the molecule is COc1ccccc1C(=O)Nc1ccc(OC(=O)c2ccn(-c3cccc([N+](=O)[O-])c3)n2)cc1. The maximum atomic E-state index is 12.5. The fourth-order valence-electron chi connectivity index (χ4n) is 3.12. The van der Waals surface area contributed by atoms with Gasteiger partial charge in [-0.25, -0.2) is 9.48 Å². The Labute approximate surface area is 193 Å². The summed E-state index contributed by atoms with van der Waals surface area (Å²) in [5.74, 6) is -0.329. The summed E-state index contributed by atoms with van der Waals surface area (Å²) in [6.07, 6.45) is 1.51. The first-order chi connectivity index (χ1) is 16.4. The predicted octanol–water partition coefficient (Wildman–Crippen LogP) is 4.26. The van der Waals surface area contributed by atoms with Gasteiger partial charge >= 0.3 is 5.97 Å². The average Bonchev–Trinajstić information content (AvgIpc) is 3.36. The first kappa shape index (κ1) is 22.2. The molecule has 3 aromatic carbocycles. The van der Waals surface area contributed by atoms with E-state index in [4.69, 9.17) is 9.47 Å². The smallest absolute Gasteiger partial charge is 0.364 e. The normalized spacial score (nSPS) is 10.4. The number of ether oxygens (including phenoxy) is 2. The molecule has 1 heterocycles. The van der Waals surface area contributed by atoms with Crippen molar-refractivity contribution in [2.45, 2.75) is 0 Å². The van der Waals surface area contributed by atoms with Crippen molar-refractivity contribution < 1.29 is 24.0 Å². The van der Waals surface area contributed by atoms with E-state index in [-0.39, 0.29) is 23.0 Å². The highest BCUT2D eigenvalue weighted by Gasteiger charge is 2.15. The number of anilines is 1.